The number of nitrogens with one attached hydrogen (secondary N) is 1. The van der Waals surface area contributed by atoms with E-state index in [9.17, 15) is 28.5 Å². The molecule has 1 aliphatic rings. The second-order valence-electron chi connectivity index (χ2n) is 10.6. The molecule has 1 N–H and O–H groups in total. The maximum atomic E-state index is 13.1. The Kier molecular flexibility index (Phi) is 13.5. The Morgan fingerprint density at radius 1 is 1.11 bits per heavy atom. The Balaban J connectivity index is 2.63. The standard InChI is InChI=1S/C24H40NO11PS/c1-23(2,3)21(29)38-13-17(20(28)33-7)25-22(30)34-15-36-37(31)12-11-16(24(4,5)14-35-37)18(26)9-8-10-19(27)32-6/h16-17H,8-15H2,1-7H3,(H,25,30)/t16-,17-,37?/m0/s1. The van der Waals surface area contributed by atoms with E-state index in [2.05, 4.69) is 14.8 Å². The van der Waals surface area contributed by atoms with Crippen molar-refractivity contribution < 1.29 is 51.8 Å². The Morgan fingerprint density at radius 2 is 1.76 bits per heavy atom. The van der Waals surface area contributed by atoms with Gasteiger partial charge in [0, 0.05) is 29.9 Å². The van der Waals surface area contributed by atoms with Gasteiger partial charge in [-0.15, -0.1) is 0 Å². The van der Waals surface area contributed by atoms with Gasteiger partial charge in [-0.1, -0.05) is 46.4 Å². The number of methoxy groups -OCH3 is 2. The summed E-state index contributed by atoms with van der Waals surface area (Å²) in [6, 6.07) is -1.15. The van der Waals surface area contributed by atoms with Gasteiger partial charge >= 0.3 is 25.6 Å². The van der Waals surface area contributed by atoms with E-state index in [0.717, 1.165) is 18.9 Å². The Morgan fingerprint density at radius 3 is 2.34 bits per heavy atom. The second kappa shape index (κ2) is 15.0. The van der Waals surface area contributed by atoms with Crippen molar-refractivity contribution in [2.75, 3.05) is 39.5 Å². The molecule has 1 saturated heterocycles. The average Bonchev–Trinajstić information content (AvgIpc) is 2.95. The summed E-state index contributed by atoms with van der Waals surface area (Å²) in [4.78, 5) is 60.5. The van der Waals surface area contributed by atoms with Crippen molar-refractivity contribution in [2.45, 2.75) is 66.3 Å². The van der Waals surface area contributed by atoms with Gasteiger partial charge in [0.15, 0.2) is 5.12 Å². The van der Waals surface area contributed by atoms with Gasteiger partial charge < -0.3 is 24.1 Å². The first kappa shape index (κ1) is 34.1. The Labute approximate surface area is 228 Å². The summed E-state index contributed by atoms with van der Waals surface area (Å²) in [7, 11) is -1.26. The number of rotatable bonds is 12. The summed E-state index contributed by atoms with van der Waals surface area (Å²) in [5, 5.41) is 2.14. The van der Waals surface area contributed by atoms with Crippen LogP contribution in [-0.4, -0.2) is 74.5 Å². The second-order valence-corrected chi connectivity index (χ2v) is 13.8. The Hall–Kier alpha value is -1.95. The first-order valence-corrected chi connectivity index (χ1v) is 14.9. The highest BCUT2D eigenvalue weighted by Crippen LogP contribution is 2.54. The highest BCUT2D eigenvalue weighted by atomic mass is 32.2. The normalized spacial score (nSPS) is 21.9. The minimum atomic E-state index is -3.69. The van der Waals surface area contributed by atoms with E-state index in [1.807, 2.05) is 13.8 Å². The maximum absolute atomic E-state index is 13.1. The highest BCUT2D eigenvalue weighted by molar-refractivity contribution is 8.13. The average molecular weight is 582 g/mol. The molecule has 1 aliphatic heterocycles. The van der Waals surface area contributed by atoms with E-state index in [-0.39, 0.29) is 48.7 Å². The molecule has 0 aromatic carbocycles. The van der Waals surface area contributed by atoms with Gasteiger partial charge in [0.1, 0.15) is 11.8 Å². The lowest BCUT2D eigenvalue weighted by atomic mass is 9.74. The van der Waals surface area contributed by atoms with Gasteiger partial charge in [0.25, 0.3) is 0 Å². The molecule has 218 valence electrons. The number of ether oxygens (including phenoxy) is 3. The zero-order chi connectivity index (χ0) is 29.1. The number of alkyl carbamates (subject to hydrolysis) is 1. The molecule has 1 rings (SSSR count). The number of Topliss-reactive ketones (excluding diaryl/α,β-unsaturated/α-hetero) is 1. The third-order valence-corrected chi connectivity index (χ3v) is 9.10. The maximum Gasteiger partial charge on any atom is 0.410 e. The van der Waals surface area contributed by atoms with E-state index >= 15 is 0 Å². The lowest BCUT2D eigenvalue weighted by Gasteiger charge is -2.30. The van der Waals surface area contributed by atoms with Crippen LogP contribution in [0.1, 0.15) is 60.3 Å². The molecular weight excluding hydrogens is 541 g/mol. The van der Waals surface area contributed by atoms with Gasteiger partial charge in [0.05, 0.1) is 27.0 Å². The van der Waals surface area contributed by atoms with Gasteiger partial charge in [-0.25, -0.2) is 9.59 Å². The number of hydrogen-bond acceptors (Lipinski definition) is 12. The Bertz CT molecular complexity index is 916. The molecule has 3 atom stereocenters. The number of carbonyl (C=O) groups is 5. The van der Waals surface area contributed by atoms with Crippen LogP contribution in [0.15, 0.2) is 0 Å². The highest BCUT2D eigenvalue weighted by Gasteiger charge is 2.42. The molecule has 1 amide bonds. The molecule has 0 aromatic rings. The van der Waals surface area contributed by atoms with Crippen LogP contribution >= 0.6 is 19.4 Å². The first-order valence-electron chi connectivity index (χ1n) is 12.2. The number of amides is 1. The van der Waals surface area contributed by atoms with Crippen molar-refractivity contribution in [2.24, 2.45) is 16.7 Å². The molecule has 1 unspecified atom stereocenters. The topological polar surface area (TPSA) is 161 Å². The van der Waals surface area contributed by atoms with Crippen molar-refractivity contribution in [3.63, 3.8) is 0 Å². The minimum Gasteiger partial charge on any atom is -0.469 e. The number of esters is 2. The van der Waals surface area contributed by atoms with Crippen LogP contribution < -0.4 is 5.32 Å². The molecule has 0 saturated carbocycles. The fraction of sp³-hybridized carbons (Fsp3) is 0.792. The summed E-state index contributed by atoms with van der Waals surface area (Å²) < 4.78 is 38.1. The van der Waals surface area contributed by atoms with Crippen LogP contribution in [0.25, 0.3) is 0 Å². The predicted octanol–water partition coefficient (Wildman–Crippen LogP) is 3.70. The summed E-state index contributed by atoms with van der Waals surface area (Å²) in [6.45, 7) is 8.11. The molecule has 0 aromatic heterocycles. The number of hydrogen-bond donors (Lipinski definition) is 1. The van der Waals surface area contributed by atoms with Gasteiger partial charge in [-0.2, -0.15) is 0 Å². The lowest BCUT2D eigenvalue weighted by Crippen LogP contribution is -2.44. The fourth-order valence-corrected chi connectivity index (χ4v) is 6.14. The molecule has 1 heterocycles. The van der Waals surface area contributed by atoms with E-state index in [0.29, 0.717) is 6.42 Å². The lowest BCUT2D eigenvalue weighted by molar-refractivity contribution is -0.142. The molecule has 0 aliphatic carbocycles. The van der Waals surface area contributed by atoms with Crippen molar-refractivity contribution in [1.29, 1.82) is 0 Å². The van der Waals surface area contributed by atoms with Crippen LogP contribution in [-0.2, 0) is 47.0 Å². The first-order chi connectivity index (χ1) is 17.5. The number of thioether (sulfide) groups is 1. The third-order valence-electron chi connectivity index (χ3n) is 5.90. The third kappa shape index (κ3) is 11.4. The smallest absolute Gasteiger partial charge is 0.410 e. The fourth-order valence-electron chi connectivity index (χ4n) is 3.52. The zero-order valence-corrected chi connectivity index (χ0v) is 24.9. The van der Waals surface area contributed by atoms with Crippen molar-refractivity contribution in [3.8, 4) is 0 Å². The van der Waals surface area contributed by atoms with E-state index in [1.54, 1.807) is 20.8 Å². The molecule has 0 spiro atoms. The summed E-state index contributed by atoms with van der Waals surface area (Å²) in [5.41, 5.74) is -1.27. The number of carbonyl (C=O) groups excluding carboxylic acids is 5. The van der Waals surface area contributed by atoms with Crippen LogP contribution in [0, 0.1) is 16.7 Å². The predicted molar refractivity (Wildman–Crippen MR) is 139 cm³/mol. The van der Waals surface area contributed by atoms with Gasteiger partial charge in [-0.05, 0) is 18.3 Å². The summed E-state index contributed by atoms with van der Waals surface area (Å²) in [6.07, 6.45) is -0.202. The largest absolute Gasteiger partial charge is 0.469 e. The molecular formula is C24H40NO11PS. The summed E-state index contributed by atoms with van der Waals surface area (Å²) >= 11 is 0.879. The molecule has 1 fully saturated rings. The van der Waals surface area contributed by atoms with Crippen LogP contribution in [0.3, 0.4) is 0 Å². The van der Waals surface area contributed by atoms with Gasteiger partial charge in [0.2, 0.25) is 6.79 Å². The SMILES string of the molecule is COC(=O)CCCC(=O)[C@@H]1CCP(=O)(OCOC(=O)N[C@@H](CSC(=O)C(C)(C)C)C(=O)OC)OCC1(C)C. The van der Waals surface area contributed by atoms with Crippen LogP contribution in [0.2, 0.25) is 0 Å². The zero-order valence-electron chi connectivity index (χ0n) is 23.2. The van der Waals surface area contributed by atoms with Crippen molar-refractivity contribution in [3.05, 3.63) is 0 Å². The molecule has 12 nitrogen and oxygen atoms in total. The molecule has 0 bridgehead atoms. The van der Waals surface area contributed by atoms with Crippen LogP contribution in [0.4, 0.5) is 4.79 Å². The van der Waals surface area contributed by atoms with E-state index < -0.39 is 55.2 Å². The summed E-state index contributed by atoms with van der Waals surface area (Å²) in [5.74, 6) is -1.74. The van der Waals surface area contributed by atoms with Crippen LogP contribution in [0.5, 0.6) is 0 Å². The number of ketones is 1. The van der Waals surface area contributed by atoms with E-state index in [1.165, 1.54) is 7.11 Å². The molecule has 0 radical (unpaired) electrons. The van der Waals surface area contributed by atoms with Crippen molar-refractivity contribution in [1.82, 2.24) is 5.32 Å². The molecule has 38 heavy (non-hydrogen) atoms. The minimum absolute atomic E-state index is 0.0205. The molecule has 14 heteroatoms. The monoisotopic (exact) mass is 581 g/mol. The van der Waals surface area contributed by atoms with Crippen molar-refractivity contribution >= 4 is 48.3 Å². The van der Waals surface area contributed by atoms with Gasteiger partial charge in [-0.3, -0.25) is 23.5 Å². The van der Waals surface area contributed by atoms with E-state index in [4.69, 9.17) is 13.8 Å². The quantitative estimate of drug-likeness (QED) is 0.154.